The van der Waals surface area contributed by atoms with Crippen LogP contribution in [0.1, 0.15) is 21.7 Å². The molecule has 0 N–H and O–H groups in total. The molecule has 0 spiro atoms. The molecule has 0 saturated carbocycles. The van der Waals surface area contributed by atoms with Gasteiger partial charge in [0, 0.05) is 10.8 Å². The van der Waals surface area contributed by atoms with Crippen molar-refractivity contribution in [2.45, 2.75) is 13.2 Å². The molecular formula is C35H24N2O4S. The highest BCUT2D eigenvalue weighted by Crippen LogP contribution is 2.33. The summed E-state index contributed by atoms with van der Waals surface area (Å²) in [6.07, 6.45) is 1.75. The molecule has 42 heavy (non-hydrogen) atoms. The standard InChI is InChI=1S/C35H24N2O4S/c36-20-28(34-37-30(23-42-34)29-19-27-13-7-8-14-31(27)41-35(29)38)17-26-15-16-32(39-21-24-9-3-1-4-10-24)33(18-26)40-22-25-11-5-2-6-12-25/h1-19,23H,21-22H2. The van der Waals surface area contributed by atoms with Crippen molar-refractivity contribution >= 4 is 34.0 Å². The van der Waals surface area contributed by atoms with E-state index in [0.29, 0.717) is 52.1 Å². The number of para-hydroxylation sites is 1. The zero-order valence-electron chi connectivity index (χ0n) is 22.4. The monoisotopic (exact) mass is 568 g/mol. The van der Waals surface area contributed by atoms with Gasteiger partial charge in [0.05, 0.1) is 16.8 Å². The maximum atomic E-state index is 12.6. The number of hydrogen-bond acceptors (Lipinski definition) is 7. The fourth-order valence-electron chi connectivity index (χ4n) is 4.39. The van der Waals surface area contributed by atoms with Gasteiger partial charge in [0.25, 0.3) is 0 Å². The van der Waals surface area contributed by atoms with Crippen LogP contribution in [-0.2, 0) is 13.2 Å². The van der Waals surface area contributed by atoms with Gasteiger partial charge in [0.2, 0.25) is 0 Å². The largest absolute Gasteiger partial charge is 0.485 e. The highest BCUT2D eigenvalue weighted by Gasteiger charge is 2.15. The van der Waals surface area contributed by atoms with Gasteiger partial charge in [-0.3, -0.25) is 0 Å². The quantitative estimate of drug-likeness (QED) is 0.129. The molecule has 6 aromatic rings. The van der Waals surface area contributed by atoms with E-state index < -0.39 is 5.63 Å². The Morgan fingerprint density at radius 3 is 2.21 bits per heavy atom. The van der Waals surface area contributed by atoms with Gasteiger partial charge < -0.3 is 13.9 Å². The second-order valence-corrected chi connectivity index (χ2v) is 10.3. The minimum atomic E-state index is -0.473. The minimum Gasteiger partial charge on any atom is -0.485 e. The summed E-state index contributed by atoms with van der Waals surface area (Å²) in [5, 5.41) is 13.1. The van der Waals surface area contributed by atoms with Gasteiger partial charge in [-0.25, -0.2) is 9.78 Å². The Labute approximate surface area is 246 Å². The molecule has 0 bridgehead atoms. The first-order valence-corrected chi connectivity index (χ1v) is 14.1. The zero-order valence-corrected chi connectivity index (χ0v) is 23.2. The summed E-state index contributed by atoms with van der Waals surface area (Å²) < 4.78 is 17.8. The van der Waals surface area contributed by atoms with Crippen molar-refractivity contribution in [3.8, 4) is 28.8 Å². The first kappa shape index (κ1) is 26.8. The predicted octanol–water partition coefficient (Wildman–Crippen LogP) is 8.14. The Morgan fingerprint density at radius 1 is 0.833 bits per heavy atom. The lowest BCUT2D eigenvalue weighted by molar-refractivity contribution is 0.256. The average molecular weight is 569 g/mol. The molecule has 0 fully saturated rings. The van der Waals surface area contributed by atoms with Crippen LogP contribution in [0.5, 0.6) is 11.5 Å². The van der Waals surface area contributed by atoms with Crippen LogP contribution in [0, 0.1) is 11.3 Å². The number of allylic oxidation sites excluding steroid dienone is 1. The van der Waals surface area contributed by atoms with Crippen molar-refractivity contribution in [1.29, 1.82) is 5.26 Å². The van der Waals surface area contributed by atoms with Crippen molar-refractivity contribution in [1.82, 2.24) is 4.98 Å². The van der Waals surface area contributed by atoms with Crippen molar-refractivity contribution in [3.05, 3.63) is 147 Å². The fourth-order valence-corrected chi connectivity index (χ4v) is 5.17. The van der Waals surface area contributed by atoms with Crippen LogP contribution < -0.4 is 15.1 Å². The van der Waals surface area contributed by atoms with Crippen LogP contribution in [0.15, 0.2) is 124 Å². The van der Waals surface area contributed by atoms with Crippen molar-refractivity contribution in [3.63, 3.8) is 0 Å². The lowest BCUT2D eigenvalue weighted by Gasteiger charge is -2.14. The molecule has 0 atom stereocenters. The molecule has 0 saturated heterocycles. The minimum absolute atomic E-state index is 0.352. The van der Waals surface area contributed by atoms with Gasteiger partial charge in [0.15, 0.2) is 11.5 Å². The lowest BCUT2D eigenvalue weighted by Crippen LogP contribution is -2.02. The number of thiazole rings is 1. The van der Waals surface area contributed by atoms with Crippen LogP contribution in [-0.4, -0.2) is 4.98 Å². The average Bonchev–Trinajstić information content (AvgIpc) is 3.52. The molecule has 0 unspecified atom stereocenters. The van der Waals surface area contributed by atoms with E-state index >= 15 is 0 Å². The van der Waals surface area contributed by atoms with Gasteiger partial charge in [-0.1, -0.05) is 84.9 Å². The molecule has 6 rings (SSSR count). The molecule has 4 aromatic carbocycles. The van der Waals surface area contributed by atoms with Crippen LogP contribution in [0.25, 0.3) is 33.9 Å². The molecule has 7 heteroatoms. The first-order valence-electron chi connectivity index (χ1n) is 13.2. The van der Waals surface area contributed by atoms with Crippen molar-refractivity contribution in [2.24, 2.45) is 0 Å². The zero-order chi connectivity index (χ0) is 28.7. The number of nitriles is 1. The van der Waals surface area contributed by atoms with Gasteiger partial charge >= 0.3 is 5.63 Å². The van der Waals surface area contributed by atoms with Gasteiger partial charge in [-0.15, -0.1) is 11.3 Å². The van der Waals surface area contributed by atoms with E-state index in [-0.39, 0.29) is 0 Å². The third-order valence-electron chi connectivity index (χ3n) is 6.53. The van der Waals surface area contributed by atoms with Gasteiger partial charge in [-0.05, 0) is 47.0 Å². The van der Waals surface area contributed by atoms with E-state index in [1.165, 1.54) is 11.3 Å². The normalized spacial score (nSPS) is 11.3. The van der Waals surface area contributed by atoms with E-state index in [0.717, 1.165) is 22.1 Å². The summed E-state index contributed by atoms with van der Waals surface area (Å²) in [5.74, 6) is 1.17. The number of aromatic nitrogens is 1. The second-order valence-electron chi connectivity index (χ2n) is 9.45. The number of benzene rings is 4. The molecule has 2 aromatic heterocycles. The molecule has 0 amide bonds. The summed E-state index contributed by atoms with van der Waals surface area (Å²) >= 11 is 1.29. The molecule has 2 heterocycles. The Balaban J connectivity index is 1.29. The van der Waals surface area contributed by atoms with E-state index in [4.69, 9.17) is 13.9 Å². The number of ether oxygens (including phenoxy) is 2. The molecular weight excluding hydrogens is 544 g/mol. The number of hydrogen-bond donors (Lipinski definition) is 0. The van der Waals surface area contributed by atoms with E-state index in [1.54, 1.807) is 23.6 Å². The van der Waals surface area contributed by atoms with Crippen LogP contribution in [0.4, 0.5) is 0 Å². The predicted molar refractivity (Wildman–Crippen MR) is 165 cm³/mol. The Morgan fingerprint density at radius 2 is 1.50 bits per heavy atom. The molecule has 6 nitrogen and oxygen atoms in total. The Kier molecular flexibility index (Phi) is 7.89. The molecule has 0 radical (unpaired) electrons. The van der Waals surface area contributed by atoms with E-state index in [1.807, 2.05) is 97.1 Å². The lowest BCUT2D eigenvalue weighted by atomic mass is 10.1. The third-order valence-corrected chi connectivity index (χ3v) is 7.40. The molecule has 0 aliphatic heterocycles. The summed E-state index contributed by atoms with van der Waals surface area (Å²) in [7, 11) is 0. The topological polar surface area (TPSA) is 85.3 Å². The second kappa shape index (κ2) is 12.4. The van der Waals surface area contributed by atoms with Crippen molar-refractivity contribution in [2.75, 3.05) is 0 Å². The Bertz CT molecular complexity index is 1970. The van der Waals surface area contributed by atoms with E-state index in [2.05, 4.69) is 11.1 Å². The third kappa shape index (κ3) is 6.15. The van der Waals surface area contributed by atoms with Crippen LogP contribution in [0.3, 0.4) is 0 Å². The first-order chi connectivity index (χ1) is 20.7. The van der Waals surface area contributed by atoms with Gasteiger partial charge in [-0.2, -0.15) is 5.26 Å². The molecule has 204 valence electrons. The summed E-state index contributed by atoms with van der Waals surface area (Å²) in [6.45, 7) is 0.761. The van der Waals surface area contributed by atoms with Crippen LogP contribution in [0.2, 0.25) is 0 Å². The number of fused-ring (bicyclic) bond motifs is 1. The summed E-state index contributed by atoms with van der Waals surface area (Å²) in [5.41, 5.74) is 4.05. The molecule has 0 aliphatic rings. The van der Waals surface area contributed by atoms with Gasteiger partial charge in [0.1, 0.15) is 29.9 Å². The smallest absolute Gasteiger partial charge is 0.345 e. The number of rotatable bonds is 9. The van der Waals surface area contributed by atoms with E-state index in [9.17, 15) is 10.1 Å². The highest BCUT2D eigenvalue weighted by atomic mass is 32.1. The highest BCUT2D eigenvalue weighted by molar-refractivity contribution is 7.11. The number of nitrogens with zero attached hydrogens (tertiary/aromatic N) is 2. The SMILES string of the molecule is N#CC(=Cc1ccc(OCc2ccccc2)c(OCc2ccccc2)c1)c1nc(-c2cc3ccccc3oc2=O)cs1. The summed E-state index contributed by atoms with van der Waals surface area (Å²) in [4.78, 5) is 17.2. The Hall–Kier alpha value is -5.45. The molecule has 0 aliphatic carbocycles. The van der Waals surface area contributed by atoms with Crippen LogP contribution >= 0.6 is 11.3 Å². The summed E-state index contributed by atoms with van der Waals surface area (Å²) in [6, 6.07) is 36.7. The fraction of sp³-hybridized carbons (Fsp3) is 0.0571. The maximum absolute atomic E-state index is 12.6. The maximum Gasteiger partial charge on any atom is 0.345 e. The van der Waals surface area contributed by atoms with Crippen molar-refractivity contribution < 1.29 is 13.9 Å².